The summed E-state index contributed by atoms with van der Waals surface area (Å²) in [6, 6.07) is 3.67. The monoisotopic (exact) mass is 480 g/mol. The number of likely N-dealkylation sites (N-methyl/N-ethyl adjacent to an activating group) is 1. The third kappa shape index (κ3) is 9.11. The van der Waals surface area contributed by atoms with Gasteiger partial charge in [0.25, 0.3) is 0 Å². The van der Waals surface area contributed by atoms with Crippen LogP contribution < -0.4 is 5.32 Å². The number of carbonyl (C=O) groups is 2. The molecule has 7 nitrogen and oxygen atoms in total. The van der Waals surface area contributed by atoms with Crippen LogP contribution in [0.4, 0.5) is 13.2 Å². The number of benzene rings is 1. The first kappa shape index (κ1) is 24.7. The van der Waals surface area contributed by atoms with Gasteiger partial charge in [-0.3, -0.25) is 0 Å². The Morgan fingerprint density at radius 2 is 1.69 bits per heavy atom. The minimum absolute atomic E-state index is 0.0758. The summed E-state index contributed by atoms with van der Waals surface area (Å²) in [6.45, 7) is 4.74. The van der Waals surface area contributed by atoms with Gasteiger partial charge in [0.05, 0.1) is 16.3 Å². The molecule has 1 saturated heterocycles. The number of hydrogen-bond acceptors (Lipinski definition) is 5. The Morgan fingerprint density at radius 3 is 2.10 bits per heavy atom. The second kappa shape index (κ2) is 11.6. The Kier molecular flexibility index (Phi) is 9.86. The van der Waals surface area contributed by atoms with Gasteiger partial charge < -0.3 is 24.8 Å². The lowest BCUT2D eigenvalue weighted by Gasteiger charge is -2.21. The van der Waals surface area contributed by atoms with Crippen molar-refractivity contribution in [2.24, 2.45) is 0 Å². The van der Waals surface area contributed by atoms with Crippen molar-refractivity contribution in [2.75, 3.05) is 33.2 Å². The van der Waals surface area contributed by atoms with E-state index in [0.29, 0.717) is 16.6 Å². The highest BCUT2D eigenvalue weighted by atomic mass is 79.9. The maximum Gasteiger partial charge on any atom is 0.417 e. The van der Waals surface area contributed by atoms with Gasteiger partial charge in [-0.2, -0.15) is 13.2 Å². The normalized spacial score (nSPS) is 14.7. The lowest BCUT2D eigenvalue weighted by molar-refractivity contribution is -0.136. The van der Waals surface area contributed by atoms with Crippen LogP contribution in [0.15, 0.2) is 45.5 Å². The Bertz CT molecular complexity index is 830. The van der Waals surface area contributed by atoms with Crippen LogP contribution in [0.2, 0.25) is 0 Å². The van der Waals surface area contributed by atoms with E-state index < -0.39 is 23.7 Å². The molecule has 0 spiro atoms. The maximum absolute atomic E-state index is 12.5. The molecule has 11 heteroatoms. The SMILES string of the molecule is CN1CCNCC1.FC(F)(F)c1ccc(Br)c2occc12.O=C(O)C=CC(=O)O. The van der Waals surface area contributed by atoms with Crippen LogP contribution in [0.1, 0.15) is 5.56 Å². The third-order valence-electron chi connectivity index (χ3n) is 3.58. The fraction of sp³-hybridized carbons (Fsp3) is 0.333. The van der Waals surface area contributed by atoms with E-state index in [1.54, 1.807) is 0 Å². The van der Waals surface area contributed by atoms with E-state index in [1.807, 2.05) is 0 Å². The molecule has 160 valence electrons. The molecule has 0 atom stereocenters. The molecule has 0 unspecified atom stereocenters. The number of rotatable bonds is 2. The van der Waals surface area contributed by atoms with Crippen molar-refractivity contribution in [2.45, 2.75) is 6.18 Å². The molecule has 0 radical (unpaired) electrons. The van der Waals surface area contributed by atoms with Gasteiger partial charge in [-0.05, 0) is 41.2 Å². The predicted octanol–water partition coefficient (Wildman–Crippen LogP) is 3.45. The molecule has 1 aliphatic heterocycles. The smallest absolute Gasteiger partial charge is 0.417 e. The summed E-state index contributed by atoms with van der Waals surface area (Å²) in [5, 5.41) is 19.0. The molecule has 0 bridgehead atoms. The zero-order chi connectivity index (χ0) is 22.0. The van der Waals surface area contributed by atoms with Crippen LogP contribution in [0.5, 0.6) is 0 Å². The molecular formula is C18H20BrF3N2O5. The average molecular weight is 481 g/mol. The second-order valence-corrected chi connectivity index (χ2v) is 6.67. The highest BCUT2D eigenvalue weighted by Crippen LogP contribution is 2.37. The molecule has 2 heterocycles. The number of carboxylic acid groups (broad SMARTS) is 2. The van der Waals surface area contributed by atoms with Crippen molar-refractivity contribution in [3.63, 3.8) is 0 Å². The number of carboxylic acids is 2. The van der Waals surface area contributed by atoms with Crippen LogP contribution in [0.3, 0.4) is 0 Å². The van der Waals surface area contributed by atoms with Crippen molar-refractivity contribution < 1.29 is 37.4 Å². The summed E-state index contributed by atoms with van der Waals surface area (Å²) in [4.78, 5) is 21.4. The van der Waals surface area contributed by atoms with Crippen LogP contribution in [0.25, 0.3) is 11.0 Å². The number of nitrogens with zero attached hydrogens (tertiary/aromatic N) is 1. The highest BCUT2D eigenvalue weighted by Gasteiger charge is 2.33. The van der Waals surface area contributed by atoms with E-state index in [4.69, 9.17) is 14.6 Å². The van der Waals surface area contributed by atoms with E-state index in [9.17, 15) is 22.8 Å². The van der Waals surface area contributed by atoms with Crippen molar-refractivity contribution in [1.29, 1.82) is 0 Å². The van der Waals surface area contributed by atoms with E-state index >= 15 is 0 Å². The van der Waals surface area contributed by atoms with Crippen LogP contribution >= 0.6 is 15.9 Å². The molecule has 2 aromatic rings. The Morgan fingerprint density at radius 1 is 1.14 bits per heavy atom. The number of halogens is 4. The molecule has 0 saturated carbocycles. The summed E-state index contributed by atoms with van der Waals surface area (Å²) in [5.74, 6) is -2.51. The predicted molar refractivity (Wildman–Crippen MR) is 104 cm³/mol. The standard InChI is InChI=1S/C9H4BrF3O.C5H12N2.C4H4O4/c10-7-2-1-6(9(11,12)13)5-3-4-14-8(5)7;1-7-4-2-6-3-5-7;5-3(6)1-2-4(7)8/h1-4H;6H,2-5H2,1H3;1-2H,(H,5,6)(H,7,8). The quantitative estimate of drug-likeness (QED) is 0.565. The fourth-order valence-corrected chi connectivity index (χ4v) is 2.63. The van der Waals surface area contributed by atoms with Gasteiger partial charge in [0, 0.05) is 43.7 Å². The summed E-state index contributed by atoms with van der Waals surface area (Å²) in [5.41, 5.74) is -0.454. The Balaban J connectivity index is 0.000000239. The van der Waals surface area contributed by atoms with Gasteiger partial charge in [-0.25, -0.2) is 9.59 Å². The summed E-state index contributed by atoms with van der Waals surface area (Å²) in [7, 11) is 2.15. The minimum atomic E-state index is -4.34. The van der Waals surface area contributed by atoms with Crippen LogP contribution in [-0.2, 0) is 15.8 Å². The van der Waals surface area contributed by atoms with Crippen molar-refractivity contribution in [3.05, 3.63) is 46.7 Å². The van der Waals surface area contributed by atoms with Gasteiger partial charge in [0.1, 0.15) is 5.58 Å². The largest absolute Gasteiger partial charge is 0.478 e. The number of hydrogen-bond donors (Lipinski definition) is 3. The minimum Gasteiger partial charge on any atom is -0.478 e. The van der Waals surface area contributed by atoms with E-state index in [0.717, 1.165) is 19.2 Å². The zero-order valence-corrected chi connectivity index (χ0v) is 17.0. The summed E-state index contributed by atoms with van der Waals surface area (Å²) in [6.07, 6.45) is -1.99. The van der Waals surface area contributed by atoms with Gasteiger partial charge in [0.2, 0.25) is 0 Å². The van der Waals surface area contributed by atoms with Crippen LogP contribution in [-0.4, -0.2) is 60.3 Å². The molecule has 29 heavy (non-hydrogen) atoms. The summed E-state index contributed by atoms with van der Waals surface area (Å²) < 4.78 is 42.9. The van der Waals surface area contributed by atoms with Gasteiger partial charge in [0.15, 0.2) is 0 Å². The molecule has 3 N–H and O–H groups in total. The van der Waals surface area contributed by atoms with E-state index in [1.165, 1.54) is 31.5 Å². The molecule has 0 aliphatic carbocycles. The molecule has 1 aliphatic rings. The third-order valence-corrected chi connectivity index (χ3v) is 4.21. The van der Waals surface area contributed by atoms with E-state index in [2.05, 4.69) is 33.2 Å². The number of fused-ring (bicyclic) bond motifs is 1. The first-order valence-electron chi connectivity index (χ1n) is 8.28. The molecular weight excluding hydrogens is 461 g/mol. The molecule has 1 aromatic heterocycles. The lowest BCUT2D eigenvalue weighted by Crippen LogP contribution is -2.40. The number of aliphatic carboxylic acids is 2. The molecule has 1 fully saturated rings. The topological polar surface area (TPSA) is 103 Å². The van der Waals surface area contributed by atoms with Crippen molar-refractivity contribution in [3.8, 4) is 0 Å². The van der Waals surface area contributed by atoms with Gasteiger partial charge in [-0.1, -0.05) is 0 Å². The van der Waals surface area contributed by atoms with Gasteiger partial charge in [-0.15, -0.1) is 0 Å². The average Bonchev–Trinajstić information content (AvgIpc) is 3.11. The van der Waals surface area contributed by atoms with Crippen molar-refractivity contribution in [1.82, 2.24) is 10.2 Å². The molecule has 1 aromatic carbocycles. The zero-order valence-electron chi connectivity index (χ0n) is 15.4. The van der Waals surface area contributed by atoms with Crippen molar-refractivity contribution >= 4 is 38.8 Å². The Hall–Kier alpha value is -2.37. The number of piperazine rings is 1. The first-order chi connectivity index (χ1) is 13.5. The highest BCUT2D eigenvalue weighted by molar-refractivity contribution is 9.10. The Labute approximate surface area is 172 Å². The lowest BCUT2D eigenvalue weighted by atomic mass is 10.1. The van der Waals surface area contributed by atoms with Crippen LogP contribution in [0, 0.1) is 0 Å². The van der Waals surface area contributed by atoms with Gasteiger partial charge >= 0.3 is 18.1 Å². The molecule has 3 rings (SSSR count). The van der Waals surface area contributed by atoms with E-state index in [-0.39, 0.29) is 11.0 Å². The maximum atomic E-state index is 12.5. The number of furan rings is 1. The fourth-order valence-electron chi connectivity index (χ4n) is 2.19. The second-order valence-electron chi connectivity index (χ2n) is 5.82. The first-order valence-corrected chi connectivity index (χ1v) is 9.07. The number of alkyl halides is 3. The molecule has 0 amide bonds. The number of nitrogens with one attached hydrogen (secondary N) is 1. The summed E-state index contributed by atoms with van der Waals surface area (Å²) >= 11 is 3.12.